The van der Waals surface area contributed by atoms with Gasteiger partial charge in [0.15, 0.2) is 11.5 Å². The highest BCUT2D eigenvalue weighted by Gasteiger charge is 2.06. The molecule has 0 heterocycles. The van der Waals surface area contributed by atoms with Gasteiger partial charge in [0.1, 0.15) is 0 Å². The molecule has 1 N–H and O–H groups in total. The molecule has 0 aliphatic carbocycles. The van der Waals surface area contributed by atoms with Crippen molar-refractivity contribution in [2.24, 2.45) is 5.10 Å². The minimum absolute atomic E-state index is 0.0106. The smallest absolute Gasteiger partial charge is 0.271 e. The van der Waals surface area contributed by atoms with Crippen molar-refractivity contribution in [2.75, 3.05) is 19.1 Å². The van der Waals surface area contributed by atoms with Gasteiger partial charge in [-0.1, -0.05) is 25.8 Å². The van der Waals surface area contributed by atoms with Gasteiger partial charge in [0.05, 0.1) is 30.5 Å². The van der Waals surface area contributed by atoms with Crippen molar-refractivity contribution in [1.29, 1.82) is 0 Å². The van der Waals surface area contributed by atoms with Gasteiger partial charge in [0.25, 0.3) is 5.69 Å². The second kappa shape index (κ2) is 10.0. The molecular formula is C19H23N3O4. The number of ether oxygens (including phenoxy) is 2. The van der Waals surface area contributed by atoms with Crippen LogP contribution in [-0.4, -0.2) is 24.9 Å². The van der Waals surface area contributed by atoms with E-state index in [0.29, 0.717) is 23.8 Å². The van der Waals surface area contributed by atoms with Crippen LogP contribution in [0.3, 0.4) is 0 Å². The molecule has 0 amide bonds. The highest BCUT2D eigenvalue weighted by molar-refractivity contribution is 5.81. The van der Waals surface area contributed by atoms with Crippen LogP contribution in [0.15, 0.2) is 47.6 Å². The van der Waals surface area contributed by atoms with Crippen molar-refractivity contribution in [3.05, 3.63) is 58.1 Å². The highest BCUT2D eigenvalue weighted by Crippen LogP contribution is 2.28. The number of hydrogen-bond acceptors (Lipinski definition) is 6. The maximum atomic E-state index is 10.8. The zero-order valence-corrected chi connectivity index (χ0v) is 15.0. The summed E-state index contributed by atoms with van der Waals surface area (Å²) in [6.45, 7) is 2.81. The third-order valence-electron chi connectivity index (χ3n) is 3.66. The van der Waals surface area contributed by atoms with Crippen LogP contribution < -0.4 is 14.9 Å². The summed E-state index contributed by atoms with van der Waals surface area (Å²) < 4.78 is 11.1. The van der Waals surface area contributed by atoms with Crippen molar-refractivity contribution in [1.82, 2.24) is 0 Å². The van der Waals surface area contributed by atoms with E-state index in [1.165, 1.54) is 12.1 Å². The number of nitrogens with zero attached hydrogens (tertiary/aromatic N) is 2. The summed E-state index contributed by atoms with van der Waals surface area (Å²) >= 11 is 0. The number of nitro groups is 1. The fourth-order valence-electron chi connectivity index (χ4n) is 2.29. The highest BCUT2D eigenvalue weighted by atomic mass is 16.6. The molecule has 0 aliphatic rings. The third-order valence-corrected chi connectivity index (χ3v) is 3.66. The van der Waals surface area contributed by atoms with Crippen LogP contribution in [0.2, 0.25) is 0 Å². The second-order valence-corrected chi connectivity index (χ2v) is 5.64. The molecule has 0 atom stereocenters. The minimum Gasteiger partial charge on any atom is -0.493 e. The average Bonchev–Trinajstić information content (AvgIpc) is 2.66. The van der Waals surface area contributed by atoms with E-state index in [1.807, 2.05) is 18.2 Å². The average molecular weight is 357 g/mol. The molecule has 2 aromatic carbocycles. The van der Waals surface area contributed by atoms with Crippen LogP contribution in [0.5, 0.6) is 11.5 Å². The van der Waals surface area contributed by atoms with Crippen molar-refractivity contribution in [3.8, 4) is 11.5 Å². The Hall–Kier alpha value is -3.09. The molecule has 0 saturated heterocycles. The summed E-state index contributed by atoms with van der Waals surface area (Å²) in [7, 11) is 1.59. The van der Waals surface area contributed by atoms with E-state index in [-0.39, 0.29) is 5.69 Å². The standard InChI is InChI=1S/C19H23N3O4/c1-3-4-5-11-26-18-10-9-15(12-19(18)25-2)14-20-21-16-7-6-8-17(13-16)22(23)24/h6-10,12-14,21H,3-5,11H2,1-2H3. The van der Waals surface area contributed by atoms with Crippen LogP contribution in [0, 0.1) is 10.1 Å². The fourth-order valence-corrected chi connectivity index (χ4v) is 2.29. The van der Waals surface area contributed by atoms with Crippen LogP contribution in [0.4, 0.5) is 11.4 Å². The number of nitro benzene ring substituents is 1. The van der Waals surface area contributed by atoms with E-state index in [4.69, 9.17) is 9.47 Å². The van der Waals surface area contributed by atoms with Crippen molar-refractivity contribution < 1.29 is 14.4 Å². The molecular weight excluding hydrogens is 334 g/mol. The lowest BCUT2D eigenvalue weighted by molar-refractivity contribution is -0.384. The van der Waals surface area contributed by atoms with Gasteiger partial charge < -0.3 is 9.47 Å². The summed E-state index contributed by atoms with van der Waals surface area (Å²) in [6.07, 6.45) is 4.90. The molecule has 2 rings (SSSR count). The molecule has 0 saturated carbocycles. The molecule has 0 unspecified atom stereocenters. The number of rotatable bonds is 10. The molecule has 0 spiro atoms. The van der Waals surface area contributed by atoms with E-state index < -0.39 is 4.92 Å². The Morgan fingerprint density at radius 3 is 2.77 bits per heavy atom. The third kappa shape index (κ3) is 5.77. The van der Waals surface area contributed by atoms with Crippen LogP contribution in [-0.2, 0) is 0 Å². The molecule has 0 bridgehead atoms. The van der Waals surface area contributed by atoms with Crippen LogP contribution in [0.1, 0.15) is 31.7 Å². The number of benzene rings is 2. The fraction of sp³-hybridized carbons (Fsp3) is 0.316. The predicted octanol–water partition coefficient (Wildman–Crippen LogP) is 4.62. The summed E-state index contributed by atoms with van der Waals surface area (Å²) in [4.78, 5) is 10.3. The van der Waals surface area contributed by atoms with Crippen LogP contribution >= 0.6 is 0 Å². The number of unbranched alkanes of at least 4 members (excludes halogenated alkanes) is 2. The van der Waals surface area contributed by atoms with Gasteiger partial charge in [0.2, 0.25) is 0 Å². The minimum atomic E-state index is -0.445. The van der Waals surface area contributed by atoms with E-state index in [1.54, 1.807) is 25.5 Å². The maximum absolute atomic E-state index is 10.8. The Labute approximate surface area is 152 Å². The summed E-state index contributed by atoms with van der Waals surface area (Å²) in [5.41, 5.74) is 4.15. The first-order chi connectivity index (χ1) is 12.6. The number of methoxy groups -OCH3 is 1. The van der Waals surface area contributed by atoms with E-state index >= 15 is 0 Å². The summed E-state index contributed by atoms with van der Waals surface area (Å²) in [5, 5.41) is 14.9. The molecule has 0 fully saturated rings. The number of anilines is 1. The Balaban J connectivity index is 1.99. The lowest BCUT2D eigenvalue weighted by atomic mass is 10.2. The second-order valence-electron chi connectivity index (χ2n) is 5.64. The van der Waals surface area contributed by atoms with E-state index in [2.05, 4.69) is 17.5 Å². The Bertz CT molecular complexity index is 762. The monoisotopic (exact) mass is 357 g/mol. The quantitative estimate of drug-likeness (QED) is 0.290. The van der Waals surface area contributed by atoms with Gasteiger partial charge in [-0.2, -0.15) is 5.10 Å². The van der Waals surface area contributed by atoms with Crippen molar-refractivity contribution >= 4 is 17.6 Å². The first-order valence-electron chi connectivity index (χ1n) is 8.48. The molecule has 0 radical (unpaired) electrons. The molecule has 0 aliphatic heterocycles. The molecule has 2 aromatic rings. The van der Waals surface area contributed by atoms with Gasteiger partial charge in [-0.05, 0) is 36.2 Å². The van der Waals surface area contributed by atoms with Gasteiger partial charge >= 0.3 is 0 Å². The van der Waals surface area contributed by atoms with E-state index in [9.17, 15) is 10.1 Å². The number of hydrogen-bond donors (Lipinski definition) is 1. The Morgan fingerprint density at radius 1 is 1.19 bits per heavy atom. The zero-order valence-electron chi connectivity index (χ0n) is 15.0. The van der Waals surface area contributed by atoms with Gasteiger partial charge in [-0.3, -0.25) is 15.5 Å². The Kier molecular flexibility index (Phi) is 7.42. The SMILES string of the molecule is CCCCCOc1ccc(C=NNc2cccc([N+](=O)[O-])c2)cc1OC. The predicted molar refractivity (Wildman–Crippen MR) is 102 cm³/mol. The zero-order chi connectivity index (χ0) is 18.8. The Morgan fingerprint density at radius 2 is 2.04 bits per heavy atom. The number of nitrogens with one attached hydrogen (secondary N) is 1. The first kappa shape index (κ1) is 19.2. The topological polar surface area (TPSA) is 86.0 Å². The van der Waals surface area contributed by atoms with Gasteiger partial charge in [-0.15, -0.1) is 0 Å². The molecule has 138 valence electrons. The van der Waals surface area contributed by atoms with E-state index in [0.717, 1.165) is 24.8 Å². The lowest BCUT2D eigenvalue weighted by Gasteiger charge is -2.11. The maximum Gasteiger partial charge on any atom is 0.271 e. The van der Waals surface area contributed by atoms with Crippen molar-refractivity contribution in [3.63, 3.8) is 0 Å². The molecule has 0 aromatic heterocycles. The van der Waals surface area contributed by atoms with Crippen LogP contribution in [0.25, 0.3) is 0 Å². The molecule has 26 heavy (non-hydrogen) atoms. The largest absolute Gasteiger partial charge is 0.493 e. The van der Waals surface area contributed by atoms with Gasteiger partial charge in [-0.25, -0.2) is 0 Å². The number of hydrazone groups is 1. The normalized spacial score (nSPS) is 10.7. The first-order valence-corrected chi connectivity index (χ1v) is 8.48. The summed E-state index contributed by atoms with van der Waals surface area (Å²) in [6, 6.07) is 11.7. The summed E-state index contributed by atoms with van der Waals surface area (Å²) in [5.74, 6) is 1.34. The molecule has 7 nitrogen and oxygen atoms in total. The van der Waals surface area contributed by atoms with Crippen molar-refractivity contribution in [2.45, 2.75) is 26.2 Å². The molecule has 7 heteroatoms. The number of non-ortho nitro benzene ring substituents is 1. The lowest BCUT2D eigenvalue weighted by Crippen LogP contribution is -2.00. The van der Waals surface area contributed by atoms with Gasteiger partial charge in [0, 0.05) is 12.1 Å².